The zero-order chi connectivity index (χ0) is 25.3. The summed E-state index contributed by atoms with van der Waals surface area (Å²) in [4.78, 5) is 13.6. The van der Waals surface area contributed by atoms with Crippen molar-refractivity contribution < 1.29 is 0 Å². The Bertz CT molecular complexity index is 1440. The standard InChI is InChI=1S/C28H24N8/c1-19-14-22(6-5-12-29)15-20(2)26(19)35-27-25(32-17-24-7-3-4-13-31-24)18-33-28(36-27)34-23-10-8-21(16-30)9-11-23/h3-11,13-15,18,32H,17H2,1-2H3,(H2,33,34,35,36)/b6-5+. The number of hydrogen-bond acceptors (Lipinski definition) is 8. The van der Waals surface area contributed by atoms with E-state index in [-0.39, 0.29) is 0 Å². The highest BCUT2D eigenvalue weighted by Crippen LogP contribution is 2.30. The van der Waals surface area contributed by atoms with Gasteiger partial charge in [0.2, 0.25) is 5.95 Å². The van der Waals surface area contributed by atoms with Crippen molar-refractivity contribution in [3.05, 3.63) is 101 Å². The minimum Gasteiger partial charge on any atom is -0.375 e. The van der Waals surface area contributed by atoms with Gasteiger partial charge < -0.3 is 16.0 Å². The Kier molecular flexibility index (Phi) is 7.50. The molecule has 0 unspecified atom stereocenters. The maximum atomic E-state index is 9.03. The fraction of sp³-hybridized carbons (Fsp3) is 0.107. The van der Waals surface area contributed by atoms with Gasteiger partial charge in [-0.15, -0.1) is 0 Å². The molecule has 0 aliphatic heterocycles. The van der Waals surface area contributed by atoms with E-state index < -0.39 is 0 Å². The van der Waals surface area contributed by atoms with Gasteiger partial charge in [0.05, 0.1) is 41.8 Å². The molecule has 0 aliphatic rings. The Morgan fingerprint density at radius 1 is 0.944 bits per heavy atom. The number of aryl methyl sites for hydroxylation is 2. The lowest BCUT2D eigenvalue weighted by Crippen LogP contribution is -2.09. The van der Waals surface area contributed by atoms with Crippen LogP contribution >= 0.6 is 0 Å². The molecule has 2 aromatic carbocycles. The van der Waals surface area contributed by atoms with Gasteiger partial charge in [0.15, 0.2) is 5.82 Å². The van der Waals surface area contributed by atoms with Crippen LogP contribution in [0.25, 0.3) is 6.08 Å². The van der Waals surface area contributed by atoms with Crippen LogP contribution in [0.3, 0.4) is 0 Å². The highest BCUT2D eigenvalue weighted by atomic mass is 15.2. The van der Waals surface area contributed by atoms with E-state index in [1.165, 1.54) is 6.08 Å². The van der Waals surface area contributed by atoms with E-state index in [1.807, 2.05) is 62.4 Å². The minimum atomic E-state index is 0.412. The van der Waals surface area contributed by atoms with Crippen molar-refractivity contribution in [2.75, 3.05) is 16.0 Å². The van der Waals surface area contributed by atoms with Gasteiger partial charge in [-0.1, -0.05) is 6.07 Å². The number of nitrogens with one attached hydrogen (secondary N) is 3. The first-order valence-electron chi connectivity index (χ1n) is 11.3. The second kappa shape index (κ2) is 11.3. The SMILES string of the molecule is Cc1cc(/C=C/C#N)cc(C)c1Nc1nc(Nc2ccc(C#N)cc2)ncc1NCc1ccccn1. The van der Waals surface area contributed by atoms with E-state index in [2.05, 4.69) is 32.0 Å². The summed E-state index contributed by atoms with van der Waals surface area (Å²) in [6.45, 7) is 4.53. The van der Waals surface area contributed by atoms with Crippen LogP contribution in [-0.2, 0) is 6.54 Å². The first kappa shape index (κ1) is 23.9. The molecule has 176 valence electrons. The molecule has 4 rings (SSSR count). The Hall–Kier alpha value is -5.21. The molecular formula is C28H24N8. The summed E-state index contributed by atoms with van der Waals surface area (Å²) >= 11 is 0. The molecule has 0 fully saturated rings. The van der Waals surface area contributed by atoms with Gasteiger partial charge in [-0.05, 0) is 85.1 Å². The van der Waals surface area contributed by atoms with Crippen molar-refractivity contribution in [1.29, 1.82) is 10.5 Å². The quantitative estimate of drug-likeness (QED) is 0.267. The van der Waals surface area contributed by atoms with Crippen molar-refractivity contribution >= 4 is 34.9 Å². The second-order valence-electron chi connectivity index (χ2n) is 8.06. The molecule has 36 heavy (non-hydrogen) atoms. The number of aromatic nitrogens is 3. The molecule has 0 amide bonds. The van der Waals surface area contributed by atoms with Crippen molar-refractivity contribution in [3.8, 4) is 12.1 Å². The van der Waals surface area contributed by atoms with Crippen LogP contribution in [0.15, 0.2) is 73.1 Å². The summed E-state index contributed by atoms with van der Waals surface area (Å²) in [6.07, 6.45) is 6.73. The summed E-state index contributed by atoms with van der Waals surface area (Å²) in [5.74, 6) is 1.01. The van der Waals surface area contributed by atoms with Crippen LogP contribution in [0.4, 0.5) is 28.8 Å². The van der Waals surface area contributed by atoms with Crippen LogP contribution in [0.2, 0.25) is 0 Å². The molecule has 4 aromatic rings. The zero-order valence-electron chi connectivity index (χ0n) is 19.9. The number of pyridine rings is 1. The molecule has 8 heteroatoms. The molecule has 2 aromatic heterocycles. The number of nitrogens with zero attached hydrogens (tertiary/aromatic N) is 5. The predicted molar refractivity (Wildman–Crippen MR) is 142 cm³/mol. The minimum absolute atomic E-state index is 0.412. The van der Waals surface area contributed by atoms with E-state index in [0.717, 1.165) is 39.4 Å². The van der Waals surface area contributed by atoms with Crippen molar-refractivity contribution in [2.24, 2.45) is 0 Å². The maximum absolute atomic E-state index is 9.03. The fourth-order valence-corrected chi connectivity index (χ4v) is 3.65. The number of anilines is 5. The first-order chi connectivity index (χ1) is 17.6. The molecule has 0 saturated carbocycles. The molecular weight excluding hydrogens is 448 g/mol. The molecule has 8 nitrogen and oxygen atoms in total. The summed E-state index contributed by atoms with van der Waals surface area (Å²) < 4.78 is 0. The molecule has 3 N–H and O–H groups in total. The summed E-state index contributed by atoms with van der Waals surface area (Å²) in [6, 6.07) is 21.0. The topological polar surface area (TPSA) is 122 Å². The highest BCUT2D eigenvalue weighted by molar-refractivity contribution is 5.76. The summed E-state index contributed by atoms with van der Waals surface area (Å²) in [5.41, 5.74) is 6.88. The van der Waals surface area contributed by atoms with Gasteiger partial charge in [-0.2, -0.15) is 15.5 Å². The third kappa shape index (κ3) is 6.02. The van der Waals surface area contributed by atoms with Gasteiger partial charge in [0, 0.05) is 23.6 Å². The van der Waals surface area contributed by atoms with Crippen LogP contribution < -0.4 is 16.0 Å². The van der Waals surface area contributed by atoms with Crippen molar-refractivity contribution in [3.63, 3.8) is 0 Å². The normalized spacial score (nSPS) is 10.4. The van der Waals surface area contributed by atoms with E-state index >= 15 is 0 Å². The lowest BCUT2D eigenvalue weighted by Gasteiger charge is -2.17. The smallest absolute Gasteiger partial charge is 0.229 e. The Labute approximate surface area is 210 Å². The number of hydrogen-bond donors (Lipinski definition) is 3. The number of benzene rings is 2. The maximum Gasteiger partial charge on any atom is 0.229 e. The Balaban J connectivity index is 1.65. The van der Waals surface area contributed by atoms with Crippen molar-refractivity contribution in [1.82, 2.24) is 15.0 Å². The van der Waals surface area contributed by atoms with Gasteiger partial charge >= 0.3 is 0 Å². The zero-order valence-corrected chi connectivity index (χ0v) is 19.9. The average molecular weight is 473 g/mol. The van der Waals surface area contributed by atoms with Crippen LogP contribution in [-0.4, -0.2) is 15.0 Å². The Morgan fingerprint density at radius 2 is 1.72 bits per heavy atom. The third-order valence-electron chi connectivity index (χ3n) is 5.39. The lowest BCUT2D eigenvalue weighted by molar-refractivity contribution is 1.03. The Morgan fingerprint density at radius 3 is 2.39 bits per heavy atom. The van der Waals surface area contributed by atoms with E-state index in [9.17, 15) is 0 Å². The second-order valence-corrected chi connectivity index (χ2v) is 8.06. The molecule has 0 aliphatic carbocycles. The number of rotatable bonds is 8. The average Bonchev–Trinajstić information content (AvgIpc) is 2.90. The molecule has 0 atom stereocenters. The number of allylic oxidation sites excluding steroid dienone is 1. The highest BCUT2D eigenvalue weighted by Gasteiger charge is 2.12. The first-order valence-corrected chi connectivity index (χ1v) is 11.3. The van der Waals surface area contributed by atoms with Crippen LogP contribution in [0.5, 0.6) is 0 Å². The molecule has 0 radical (unpaired) electrons. The molecule has 0 bridgehead atoms. The lowest BCUT2D eigenvalue weighted by atomic mass is 10.0. The van der Waals surface area contributed by atoms with Gasteiger partial charge in [-0.25, -0.2) is 4.98 Å². The van der Waals surface area contributed by atoms with Crippen LogP contribution in [0.1, 0.15) is 27.9 Å². The molecule has 0 saturated heterocycles. The molecule has 0 spiro atoms. The summed E-state index contributed by atoms with van der Waals surface area (Å²) in [7, 11) is 0. The fourth-order valence-electron chi connectivity index (χ4n) is 3.65. The monoisotopic (exact) mass is 472 g/mol. The van der Waals surface area contributed by atoms with E-state index in [1.54, 1.807) is 30.6 Å². The van der Waals surface area contributed by atoms with E-state index in [4.69, 9.17) is 15.5 Å². The van der Waals surface area contributed by atoms with E-state index in [0.29, 0.717) is 23.9 Å². The molecule has 2 heterocycles. The van der Waals surface area contributed by atoms with Crippen LogP contribution in [0, 0.1) is 36.5 Å². The predicted octanol–water partition coefficient (Wildman–Crippen LogP) is 6.00. The third-order valence-corrected chi connectivity index (χ3v) is 5.39. The largest absolute Gasteiger partial charge is 0.375 e. The van der Waals surface area contributed by atoms with Gasteiger partial charge in [0.1, 0.15) is 0 Å². The summed E-state index contributed by atoms with van der Waals surface area (Å²) in [5, 5.41) is 27.9. The van der Waals surface area contributed by atoms with Gasteiger partial charge in [0.25, 0.3) is 0 Å². The van der Waals surface area contributed by atoms with Crippen molar-refractivity contribution in [2.45, 2.75) is 20.4 Å². The van der Waals surface area contributed by atoms with Gasteiger partial charge in [-0.3, -0.25) is 4.98 Å². The number of nitriles is 2.